The van der Waals surface area contributed by atoms with Gasteiger partial charge in [-0.2, -0.15) is 0 Å². The maximum absolute atomic E-state index is 6.17. The lowest BCUT2D eigenvalue weighted by atomic mass is 10.2. The number of aromatic nitrogens is 3. The number of hydrogen-bond donors (Lipinski definition) is 1. The standard InChI is InChI=1S/C12H9ClN4S2/c1-14-12-17-16-11(19-12)9-6-15-10(18-9)7-4-2-3-5-8(7)13/h2-6H,1H3,(H,14,17). The fraction of sp³-hybridized carbons (Fsp3) is 0.0833. The maximum Gasteiger partial charge on any atom is 0.205 e. The van der Waals surface area contributed by atoms with Gasteiger partial charge in [-0.1, -0.05) is 41.1 Å². The molecule has 0 atom stereocenters. The molecular formula is C12H9ClN4S2. The first kappa shape index (κ1) is 12.5. The molecule has 1 N–H and O–H groups in total. The lowest BCUT2D eigenvalue weighted by Gasteiger charge is -1.97. The number of hydrogen-bond acceptors (Lipinski definition) is 6. The first-order chi connectivity index (χ1) is 9.28. The number of thiazole rings is 1. The predicted molar refractivity (Wildman–Crippen MR) is 81.0 cm³/mol. The average Bonchev–Trinajstić information content (AvgIpc) is 3.08. The van der Waals surface area contributed by atoms with Crippen LogP contribution >= 0.6 is 34.3 Å². The highest BCUT2D eigenvalue weighted by Gasteiger charge is 2.12. The molecule has 0 aliphatic heterocycles. The molecule has 0 radical (unpaired) electrons. The highest BCUT2D eigenvalue weighted by molar-refractivity contribution is 7.24. The highest BCUT2D eigenvalue weighted by Crippen LogP contribution is 2.36. The molecule has 4 nitrogen and oxygen atoms in total. The van der Waals surface area contributed by atoms with E-state index in [0.29, 0.717) is 5.02 Å². The van der Waals surface area contributed by atoms with Gasteiger partial charge < -0.3 is 5.32 Å². The quantitative estimate of drug-likeness (QED) is 0.794. The number of anilines is 1. The summed E-state index contributed by atoms with van der Waals surface area (Å²) >= 11 is 9.24. The van der Waals surface area contributed by atoms with E-state index in [1.807, 2.05) is 37.5 Å². The molecule has 96 valence electrons. The molecular weight excluding hydrogens is 300 g/mol. The molecule has 0 saturated heterocycles. The zero-order valence-electron chi connectivity index (χ0n) is 9.92. The number of rotatable bonds is 3. The second kappa shape index (κ2) is 5.24. The smallest absolute Gasteiger partial charge is 0.205 e. The molecule has 2 heterocycles. The van der Waals surface area contributed by atoms with Crippen molar-refractivity contribution in [2.45, 2.75) is 0 Å². The molecule has 0 amide bonds. The van der Waals surface area contributed by atoms with E-state index in [-0.39, 0.29) is 0 Å². The van der Waals surface area contributed by atoms with E-state index in [1.165, 1.54) is 11.3 Å². The van der Waals surface area contributed by atoms with Gasteiger partial charge in [-0.3, -0.25) is 0 Å². The van der Waals surface area contributed by atoms with Crippen molar-refractivity contribution in [2.24, 2.45) is 0 Å². The van der Waals surface area contributed by atoms with Crippen molar-refractivity contribution >= 4 is 39.4 Å². The van der Waals surface area contributed by atoms with E-state index in [1.54, 1.807) is 11.3 Å². The molecule has 0 bridgehead atoms. The van der Waals surface area contributed by atoms with Gasteiger partial charge >= 0.3 is 0 Å². The minimum Gasteiger partial charge on any atom is -0.363 e. The van der Waals surface area contributed by atoms with Crippen molar-refractivity contribution < 1.29 is 0 Å². The SMILES string of the molecule is CNc1nnc(-c2cnc(-c3ccccc3Cl)s2)s1. The number of nitrogens with one attached hydrogen (secondary N) is 1. The monoisotopic (exact) mass is 308 g/mol. The van der Waals surface area contributed by atoms with Crippen LogP contribution in [0.1, 0.15) is 0 Å². The Morgan fingerprint density at radius 2 is 1.95 bits per heavy atom. The summed E-state index contributed by atoms with van der Waals surface area (Å²) in [6.45, 7) is 0. The lowest BCUT2D eigenvalue weighted by molar-refractivity contribution is 1.09. The Morgan fingerprint density at radius 1 is 1.11 bits per heavy atom. The zero-order valence-corrected chi connectivity index (χ0v) is 12.3. The third-order valence-corrected chi connectivity index (χ3v) is 4.93. The van der Waals surface area contributed by atoms with Gasteiger partial charge in [0.05, 0.1) is 9.90 Å². The Kier molecular flexibility index (Phi) is 3.46. The normalized spacial score (nSPS) is 10.6. The minimum atomic E-state index is 0.705. The third kappa shape index (κ3) is 2.47. The Balaban J connectivity index is 1.97. The predicted octanol–water partition coefficient (Wildman–Crippen LogP) is 4.02. The number of nitrogens with zero attached hydrogens (tertiary/aromatic N) is 3. The second-order valence-electron chi connectivity index (χ2n) is 3.67. The van der Waals surface area contributed by atoms with Gasteiger partial charge in [-0.15, -0.1) is 21.5 Å². The van der Waals surface area contributed by atoms with E-state index in [9.17, 15) is 0 Å². The van der Waals surface area contributed by atoms with Gasteiger partial charge in [0, 0.05) is 18.8 Å². The lowest BCUT2D eigenvalue weighted by Crippen LogP contribution is -1.84. The fourth-order valence-electron chi connectivity index (χ4n) is 1.56. The number of benzene rings is 1. The average molecular weight is 309 g/mol. The Bertz CT molecular complexity index is 707. The topological polar surface area (TPSA) is 50.7 Å². The van der Waals surface area contributed by atoms with Gasteiger partial charge in [0.15, 0.2) is 5.01 Å². The van der Waals surface area contributed by atoms with Crippen molar-refractivity contribution in [3.05, 3.63) is 35.5 Å². The van der Waals surface area contributed by atoms with Crippen LogP contribution < -0.4 is 5.32 Å². The van der Waals surface area contributed by atoms with Crippen LogP contribution in [0.25, 0.3) is 20.5 Å². The van der Waals surface area contributed by atoms with Crippen LogP contribution in [-0.4, -0.2) is 22.2 Å². The van der Waals surface area contributed by atoms with Crippen LogP contribution in [0, 0.1) is 0 Å². The van der Waals surface area contributed by atoms with Gasteiger partial charge in [0.2, 0.25) is 5.13 Å². The molecule has 3 aromatic rings. The van der Waals surface area contributed by atoms with Crippen molar-refractivity contribution in [1.82, 2.24) is 15.2 Å². The summed E-state index contributed by atoms with van der Waals surface area (Å²) in [5.74, 6) is 0. The van der Waals surface area contributed by atoms with E-state index < -0.39 is 0 Å². The summed E-state index contributed by atoms with van der Waals surface area (Å²) in [4.78, 5) is 5.41. The second-order valence-corrected chi connectivity index (χ2v) is 6.09. The summed E-state index contributed by atoms with van der Waals surface area (Å²) in [7, 11) is 1.83. The summed E-state index contributed by atoms with van der Waals surface area (Å²) in [6, 6.07) is 7.68. The van der Waals surface area contributed by atoms with Crippen molar-refractivity contribution in [2.75, 3.05) is 12.4 Å². The molecule has 19 heavy (non-hydrogen) atoms. The fourth-order valence-corrected chi connectivity index (χ4v) is 3.52. The van der Waals surface area contributed by atoms with Gasteiger partial charge in [-0.05, 0) is 6.07 Å². The number of halogens is 1. The van der Waals surface area contributed by atoms with Crippen molar-refractivity contribution in [1.29, 1.82) is 0 Å². The molecule has 0 aliphatic carbocycles. The molecule has 0 aliphatic rings. The van der Waals surface area contributed by atoms with E-state index in [2.05, 4.69) is 20.5 Å². The van der Waals surface area contributed by atoms with E-state index in [0.717, 1.165) is 25.6 Å². The van der Waals surface area contributed by atoms with Crippen molar-refractivity contribution in [3.8, 4) is 20.5 Å². The molecule has 0 saturated carbocycles. The van der Waals surface area contributed by atoms with Gasteiger partial charge in [0.1, 0.15) is 5.01 Å². The third-order valence-electron chi connectivity index (χ3n) is 2.46. The summed E-state index contributed by atoms with van der Waals surface area (Å²) in [5.41, 5.74) is 0.943. The van der Waals surface area contributed by atoms with Crippen LogP contribution in [0.3, 0.4) is 0 Å². The largest absolute Gasteiger partial charge is 0.363 e. The summed E-state index contributed by atoms with van der Waals surface area (Å²) in [6.07, 6.45) is 1.81. The molecule has 2 aromatic heterocycles. The molecule has 0 fully saturated rings. The summed E-state index contributed by atoms with van der Waals surface area (Å²) < 4.78 is 0. The molecule has 0 unspecified atom stereocenters. The van der Waals surface area contributed by atoms with E-state index in [4.69, 9.17) is 11.6 Å². The Morgan fingerprint density at radius 3 is 2.68 bits per heavy atom. The highest BCUT2D eigenvalue weighted by atomic mass is 35.5. The Labute approximate surface area is 123 Å². The Hall–Kier alpha value is -1.50. The molecule has 0 spiro atoms. The first-order valence-corrected chi connectivity index (χ1v) is 7.51. The van der Waals surface area contributed by atoms with Crippen molar-refractivity contribution in [3.63, 3.8) is 0 Å². The van der Waals surface area contributed by atoms with Gasteiger partial charge in [-0.25, -0.2) is 4.98 Å². The minimum absolute atomic E-state index is 0.705. The molecule has 3 rings (SSSR count). The van der Waals surface area contributed by atoms with Crippen LogP contribution in [0.15, 0.2) is 30.5 Å². The molecule has 1 aromatic carbocycles. The van der Waals surface area contributed by atoms with Crippen LogP contribution in [-0.2, 0) is 0 Å². The van der Waals surface area contributed by atoms with Crippen LogP contribution in [0.4, 0.5) is 5.13 Å². The zero-order chi connectivity index (χ0) is 13.2. The molecule has 7 heteroatoms. The van der Waals surface area contributed by atoms with Gasteiger partial charge in [0.25, 0.3) is 0 Å². The van der Waals surface area contributed by atoms with Crippen LogP contribution in [0.5, 0.6) is 0 Å². The summed E-state index contributed by atoms with van der Waals surface area (Å²) in [5, 5.41) is 14.4. The van der Waals surface area contributed by atoms with E-state index >= 15 is 0 Å². The first-order valence-electron chi connectivity index (χ1n) is 5.50. The maximum atomic E-state index is 6.17. The van der Waals surface area contributed by atoms with Crippen LogP contribution in [0.2, 0.25) is 5.02 Å².